The van der Waals surface area contributed by atoms with Crippen molar-refractivity contribution in [3.63, 3.8) is 0 Å². The molecule has 1 heterocycles. The summed E-state index contributed by atoms with van der Waals surface area (Å²) in [4.78, 5) is 0. The van der Waals surface area contributed by atoms with Gasteiger partial charge in [-0.1, -0.05) is 12.5 Å². The molecule has 1 heteroatoms. The van der Waals surface area contributed by atoms with Crippen LogP contribution >= 0.6 is 0 Å². The van der Waals surface area contributed by atoms with Gasteiger partial charge in [0.1, 0.15) is 0 Å². The normalized spacial score (nSPS) is 42.0. The molecule has 0 spiro atoms. The van der Waals surface area contributed by atoms with E-state index in [1.54, 1.807) is 0 Å². The van der Waals surface area contributed by atoms with Crippen LogP contribution in [-0.4, -0.2) is 6.04 Å². The van der Waals surface area contributed by atoms with E-state index in [-0.39, 0.29) is 0 Å². The molecular formula is C7H11N. The molecule has 2 atom stereocenters. The predicted octanol–water partition coefficient (Wildman–Crippen LogP) is 1.27. The summed E-state index contributed by atoms with van der Waals surface area (Å²) in [5.74, 6) is 0.884. The molecule has 1 saturated carbocycles. The molecule has 0 saturated heterocycles. The molecule has 1 aliphatic carbocycles. The van der Waals surface area contributed by atoms with Crippen LogP contribution in [-0.2, 0) is 0 Å². The van der Waals surface area contributed by atoms with Crippen LogP contribution in [0.25, 0.3) is 0 Å². The number of rotatable bonds is 0. The number of fused-ring (bicyclic) bond motifs is 1. The zero-order chi connectivity index (χ0) is 5.40. The van der Waals surface area contributed by atoms with E-state index in [0.29, 0.717) is 0 Å². The van der Waals surface area contributed by atoms with Crippen molar-refractivity contribution in [2.24, 2.45) is 5.92 Å². The summed E-state index contributed by atoms with van der Waals surface area (Å²) in [5, 5.41) is 3.34. The molecule has 0 unspecified atom stereocenters. The van der Waals surface area contributed by atoms with E-state index in [1.165, 1.54) is 19.3 Å². The van der Waals surface area contributed by atoms with Crippen LogP contribution in [0.1, 0.15) is 19.3 Å². The largest absolute Gasteiger partial charge is 0.388 e. The van der Waals surface area contributed by atoms with E-state index >= 15 is 0 Å². The standard InChI is InChI=1S/C7H11N/c1-2-6-4-5-8-7(6)3-1/h4-8H,1-3H2/t6-,7+/m1/s1. The highest BCUT2D eigenvalue weighted by Gasteiger charge is 2.26. The minimum atomic E-state index is 0.815. The van der Waals surface area contributed by atoms with Crippen LogP contribution in [0.15, 0.2) is 12.3 Å². The number of hydrogen-bond acceptors (Lipinski definition) is 1. The van der Waals surface area contributed by atoms with E-state index < -0.39 is 0 Å². The lowest BCUT2D eigenvalue weighted by atomic mass is 10.1. The van der Waals surface area contributed by atoms with Crippen LogP contribution < -0.4 is 5.32 Å². The van der Waals surface area contributed by atoms with E-state index in [2.05, 4.69) is 17.6 Å². The molecule has 44 valence electrons. The average molecular weight is 109 g/mol. The van der Waals surface area contributed by atoms with Crippen molar-refractivity contribution in [3.8, 4) is 0 Å². The topological polar surface area (TPSA) is 12.0 Å². The van der Waals surface area contributed by atoms with Gasteiger partial charge in [0.05, 0.1) is 0 Å². The fraction of sp³-hybridized carbons (Fsp3) is 0.714. The Labute approximate surface area is 49.8 Å². The first-order chi connectivity index (χ1) is 3.97. The molecular weight excluding hydrogens is 98.1 g/mol. The van der Waals surface area contributed by atoms with Crippen molar-refractivity contribution in [1.29, 1.82) is 0 Å². The van der Waals surface area contributed by atoms with E-state index in [4.69, 9.17) is 0 Å². The lowest BCUT2D eigenvalue weighted by molar-refractivity contribution is 0.555. The summed E-state index contributed by atoms with van der Waals surface area (Å²) < 4.78 is 0. The maximum absolute atomic E-state index is 3.34. The molecule has 1 aliphatic heterocycles. The molecule has 0 aromatic rings. The van der Waals surface area contributed by atoms with Gasteiger partial charge in [-0.2, -0.15) is 0 Å². The number of nitrogens with one attached hydrogen (secondary N) is 1. The predicted molar refractivity (Wildman–Crippen MR) is 33.4 cm³/mol. The lowest BCUT2D eigenvalue weighted by Gasteiger charge is -2.06. The van der Waals surface area contributed by atoms with Gasteiger partial charge in [-0.15, -0.1) is 0 Å². The van der Waals surface area contributed by atoms with Crippen molar-refractivity contribution in [2.75, 3.05) is 0 Å². The first-order valence-electron chi connectivity index (χ1n) is 3.39. The van der Waals surface area contributed by atoms with Crippen molar-refractivity contribution >= 4 is 0 Å². The van der Waals surface area contributed by atoms with Crippen molar-refractivity contribution in [2.45, 2.75) is 25.3 Å². The first-order valence-corrected chi connectivity index (χ1v) is 3.39. The summed E-state index contributed by atoms with van der Waals surface area (Å²) in [6.07, 6.45) is 8.63. The maximum atomic E-state index is 3.34. The average Bonchev–Trinajstić information content (AvgIpc) is 2.15. The van der Waals surface area contributed by atoms with Crippen LogP contribution in [0.2, 0.25) is 0 Å². The van der Waals surface area contributed by atoms with Gasteiger partial charge < -0.3 is 5.32 Å². The van der Waals surface area contributed by atoms with Gasteiger partial charge in [-0.05, 0) is 25.0 Å². The second-order valence-corrected chi connectivity index (χ2v) is 2.73. The van der Waals surface area contributed by atoms with Crippen molar-refractivity contribution in [1.82, 2.24) is 5.32 Å². The van der Waals surface area contributed by atoms with E-state index in [1.807, 2.05) is 0 Å². The zero-order valence-corrected chi connectivity index (χ0v) is 4.93. The molecule has 1 fully saturated rings. The lowest BCUT2D eigenvalue weighted by Crippen LogP contribution is -2.20. The summed E-state index contributed by atoms with van der Waals surface area (Å²) in [5.41, 5.74) is 0. The monoisotopic (exact) mass is 109 g/mol. The van der Waals surface area contributed by atoms with Crippen LogP contribution in [0, 0.1) is 5.92 Å². The third kappa shape index (κ3) is 0.473. The summed E-state index contributed by atoms with van der Waals surface area (Å²) in [6, 6.07) is 0.815. The second kappa shape index (κ2) is 1.51. The Bertz CT molecular complexity index is 118. The SMILES string of the molecule is C1=C[C@H]2CCC[C@@H]2N1. The number of hydrogen-bond donors (Lipinski definition) is 1. The van der Waals surface area contributed by atoms with Gasteiger partial charge >= 0.3 is 0 Å². The van der Waals surface area contributed by atoms with Gasteiger partial charge in [-0.25, -0.2) is 0 Å². The summed E-state index contributed by atoms with van der Waals surface area (Å²) in [7, 11) is 0. The fourth-order valence-corrected chi connectivity index (χ4v) is 1.73. The molecule has 0 amide bonds. The summed E-state index contributed by atoms with van der Waals surface area (Å²) in [6.45, 7) is 0. The third-order valence-corrected chi connectivity index (χ3v) is 2.22. The Balaban J connectivity index is 2.13. The van der Waals surface area contributed by atoms with Gasteiger partial charge in [-0.3, -0.25) is 0 Å². The van der Waals surface area contributed by atoms with Gasteiger partial charge in [0.2, 0.25) is 0 Å². The molecule has 0 radical (unpaired) electrons. The molecule has 2 rings (SSSR count). The quantitative estimate of drug-likeness (QED) is 0.494. The molecule has 0 bridgehead atoms. The fourth-order valence-electron chi connectivity index (χ4n) is 1.73. The Hall–Kier alpha value is -0.460. The van der Waals surface area contributed by atoms with Crippen molar-refractivity contribution < 1.29 is 0 Å². The molecule has 0 aromatic heterocycles. The molecule has 8 heavy (non-hydrogen) atoms. The van der Waals surface area contributed by atoms with Crippen LogP contribution in [0.4, 0.5) is 0 Å². The molecule has 2 aliphatic rings. The van der Waals surface area contributed by atoms with Crippen LogP contribution in [0.3, 0.4) is 0 Å². The molecule has 0 aromatic carbocycles. The summed E-state index contributed by atoms with van der Waals surface area (Å²) >= 11 is 0. The second-order valence-electron chi connectivity index (χ2n) is 2.73. The van der Waals surface area contributed by atoms with Gasteiger partial charge in [0.15, 0.2) is 0 Å². The minimum Gasteiger partial charge on any atom is -0.388 e. The van der Waals surface area contributed by atoms with Gasteiger partial charge in [0.25, 0.3) is 0 Å². The van der Waals surface area contributed by atoms with E-state index in [0.717, 1.165) is 12.0 Å². The third-order valence-electron chi connectivity index (χ3n) is 2.22. The molecule has 1 nitrogen and oxygen atoms in total. The highest BCUT2D eigenvalue weighted by atomic mass is 14.9. The molecule has 1 N–H and O–H groups in total. The highest BCUT2D eigenvalue weighted by molar-refractivity contribution is 5.05. The minimum absolute atomic E-state index is 0.815. The smallest absolute Gasteiger partial charge is 0.0319 e. The Morgan fingerprint density at radius 1 is 1.38 bits per heavy atom. The first kappa shape index (κ1) is 4.42. The maximum Gasteiger partial charge on any atom is 0.0319 e. The zero-order valence-electron chi connectivity index (χ0n) is 4.93. The van der Waals surface area contributed by atoms with Gasteiger partial charge in [0, 0.05) is 6.04 Å². The Morgan fingerprint density at radius 2 is 2.38 bits per heavy atom. The highest BCUT2D eigenvalue weighted by Crippen LogP contribution is 2.29. The Morgan fingerprint density at radius 3 is 3.25 bits per heavy atom. The van der Waals surface area contributed by atoms with Crippen molar-refractivity contribution in [3.05, 3.63) is 12.3 Å². The Kier molecular flexibility index (Phi) is 0.833. The van der Waals surface area contributed by atoms with Crippen LogP contribution in [0.5, 0.6) is 0 Å². The van der Waals surface area contributed by atoms with E-state index in [9.17, 15) is 0 Å².